The van der Waals surface area contributed by atoms with Gasteiger partial charge in [0.25, 0.3) is 0 Å². The number of aliphatic carboxylic acids is 1. The summed E-state index contributed by atoms with van der Waals surface area (Å²) >= 11 is 0. The molecule has 1 unspecified atom stereocenters. The van der Waals surface area contributed by atoms with Gasteiger partial charge in [-0.25, -0.2) is 4.79 Å². The van der Waals surface area contributed by atoms with Gasteiger partial charge in [-0.3, -0.25) is 4.79 Å². The van der Waals surface area contributed by atoms with Crippen LogP contribution in [0.2, 0.25) is 0 Å². The van der Waals surface area contributed by atoms with Crippen LogP contribution in [0.4, 0.5) is 0 Å². The van der Waals surface area contributed by atoms with Crippen molar-refractivity contribution in [1.29, 1.82) is 0 Å². The van der Waals surface area contributed by atoms with Crippen molar-refractivity contribution in [2.45, 2.75) is 13.0 Å². The molecule has 0 aliphatic heterocycles. The molecule has 0 spiro atoms. The number of nitrogens with zero attached hydrogens (tertiary/aromatic N) is 1. The van der Waals surface area contributed by atoms with Gasteiger partial charge in [-0.1, -0.05) is 0 Å². The number of hydrogen-bond donors (Lipinski definition) is 1. The number of carboxylic acid groups (broad SMARTS) is 1. The summed E-state index contributed by atoms with van der Waals surface area (Å²) in [6.45, 7) is 1.35. The van der Waals surface area contributed by atoms with Gasteiger partial charge >= 0.3 is 5.97 Å². The van der Waals surface area contributed by atoms with E-state index in [0.29, 0.717) is 0 Å². The first-order chi connectivity index (χ1) is 5.50. The largest absolute Gasteiger partial charge is 0.480 e. The fourth-order valence-corrected chi connectivity index (χ4v) is 0.607. The number of amides is 1. The Morgan fingerprint density at radius 2 is 2.08 bits per heavy atom. The highest BCUT2D eigenvalue weighted by molar-refractivity contribution is 5.83. The first-order valence-corrected chi connectivity index (χ1v) is 3.48. The van der Waals surface area contributed by atoms with Crippen molar-refractivity contribution in [3.8, 4) is 0 Å². The maximum absolute atomic E-state index is 11.0. The van der Waals surface area contributed by atoms with Crippen molar-refractivity contribution in [2.24, 2.45) is 0 Å². The third kappa shape index (κ3) is 2.87. The van der Waals surface area contributed by atoms with E-state index in [1.54, 1.807) is 0 Å². The molecule has 0 aliphatic carbocycles. The van der Waals surface area contributed by atoms with E-state index in [1.165, 1.54) is 21.1 Å². The molecular formula is C7H13NO4. The van der Waals surface area contributed by atoms with E-state index in [-0.39, 0.29) is 12.5 Å². The lowest BCUT2D eigenvalue weighted by Crippen LogP contribution is -2.41. The van der Waals surface area contributed by atoms with Crippen LogP contribution in [-0.4, -0.2) is 48.7 Å². The van der Waals surface area contributed by atoms with Crippen molar-refractivity contribution in [3.63, 3.8) is 0 Å². The number of carbonyl (C=O) groups is 2. The molecule has 5 nitrogen and oxygen atoms in total. The molecule has 0 fully saturated rings. The van der Waals surface area contributed by atoms with Gasteiger partial charge in [-0.15, -0.1) is 0 Å². The van der Waals surface area contributed by atoms with Crippen molar-refractivity contribution in [3.05, 3.63) is 0 Å². The molecule has 1 atom stereocenters. The molecule has 0 aromatic heterocycles. The zero-order valence-corrected chi connectivity index (χ0v) is 7.40. The fraction of sp³-hybridized carbons (Fsp3) is 0.714. The Morgan fingerprint density at radius 1 is 1.58 bits per heavy atom. The fourth-order valence-electron chi connectivity index (χ4n) is 0.607. The molecule has 0 saturated carbocycles. The lowest BCUT2D eigenvalue weighted by atomic mass is 10.3. The summed E-state index contributed by atoms with van der Waals surface area (Å²) in [5, 5.41) is 8.53. The van der Waals surface area contributed by atoms with Gasteiger partial charge in [-0.05, 0) is 6.92 Å². The van der Waals surface area contributed by atoms with Crippen LogP contribution in [0.15, 0.2) is 0 Å². The van der Waals surface area contributed by atoms with E-state index in [1.807, 2.05) is 0 Å². The Hall–Kier alpha value is -1.10. The summed E-state index contributed by atoms with van der Waals surface area (Å²) in [5.41, 5.74) is 0. The summed E-state index contributed by atoms with van der Waals surface area (Å²) in [4.78, 5) is 22.6. The second-order valence-electron chi connectivity index (χ2n) is 2.45. The van der Waals surface area contributed by atoms with Crippen molar-refractivity contribution >= 4 is 11.9 Å². The molecule has 0 heterocycles. The van der Waals surface area contributed by atoms with Gasteiger partial charge in [0.1, 0.15) is 12.6 Å². The van der Waals surface area contributed by atoms with Crippen molar-refractivity contribution in [1.82, 2.24) is 4.90 Å². The number of likely N-dealkylation sites (N-methyl/N-ethyl adjacent to an activating group) is 1. The van der Waals surface area contributed by atoms with Crippen LogP contribution >= 0.6 is 0 Å². The number of rotatable bonds is 4. The van der Waals surface area contributed by atoms with Gasteiger partial charge in [0.05, 0.1) is 0 Å². The van der Waals surface area contributed by atoms with E-state index in [9.17, 15) is 9.59 Å². The Kier molecular flexibility index (Phi) is 4.28. The van der Waals surface area contributed by atoms with Crippen LogP contribution in [0, 0.1) is 0 Å². The number of ether oxygens (including phenoxy) is 1. The van der Waals surface area contributed by atoms with E-state index >= 15 is 0 Å². The van der Waals surface area contributed by atoms with Gasteiger partial charge < -0.3 is 14.7 Å². The third-order valence-corrected chi connectivity index (χ3v) is 1.60. The minimum absolute atomic E-state index is 0.0892. The maximum Gasteiger partial charge on any atom is 0.326 e. The van der Waals surface area contributed by atoms with Crippen LogP contribution in [0.3, 0.4) is 0 Å². The van der Waals surface area contributed by atoms with Crippen LogP contribution < -0.4 is 0 Å². The molecule has 0 aliphatic rings. The van der Waals surface area contributed by atoms with Crippen molar-refractivity contribution in [2.75, 3.05) is 20.8 Å². The summed E-state index contributed by atoms with van der Waals surface area (Å²) in [7, 11) is 2.82. The molecule has 0 aromatic rings. The molecule has 70 valence electrons. The van der Waals surface area contributed by atoms with E-state index in [4.69, 9.17) is 5.11 Å². The highest BCUT2D eigenvalue weighted by atomic mass is 16.5. The molecule has 1 N–H and O–H groups in total. The number of carbonyl (C=O) groups excluding carboxylic acids is 1. The predicted molar refractivity (Wildman–Crippen MR) is 41.7 cm³/mol. The van der Waals surface area contributed by atoms with Crippen LogP contribution in [0.1, 0.15) is 6.92 Å². The molecule has 12 heavy (non-hydrogen) atoms. The second kappa shape index (κ2) is 4.71. The number of hydrogen-bond acceptors (Lipinski definition) is 3. The summed E-state index contributed by atoms with van der Waals surface area (Å²) in [6.07, 6.45) is 0. The smallest absolute Gasteiger partial charge is 0.326 e. The Bertz CT molecular complexity index is 180. The van der Waals surface area contributed by atoms with Crippen LogP contribution in [0.5, 0.6) is 0 Å². The Morgan fingerprint density at radius 3 is 2.42 bits per heavy atom. The van der Waals surface area contributed by atoms with E-state index < -0.39 is 12.0 Å². The average Bonchev–Trinajstić information content (AvgIpc) is 2.02. The predicted octanol–water partition coefficient (Wildman–Crippen LogP) is -0.436. The molecule has 0 aromatic carbocycles. The van der Waals surface area contributed by atoms with E-state index in [2.05, 4.69) is 4.74 Å². The monoisotopic (exact) mass is 175 g/mol. The minimum Gasteiger partial charge on any atom is -0.480 e. The zero-order chi connectivity index (χ0) is 9.72. The lowest BCUT2D eigenvalue weighted by molar-refractivity contribution is -0.149. The van der Waals surface area contributed by atoms with Gasteiger partial charge in [-0.2, -0.15) is 0 Å². The SMILES string of the molecule is COCC(=O)N(C)C(C)C(=O)O. The lowest BCUT2D eigenvalue weighted by Gasteiger charge is -2.20. The Labute approximate surface area is 70.9 Å². The molecule has 0 rings (SSSR count). The third-order valence-electron chi connectivity index (χ3n) is 1.60. The number of carboxylic acids is 1. The molecular weight excluding hydrogens is 162 g/mol. The molecule has 1 amide bonds. The first-order valence-electron chi connectivity index (χ1n) is 3.48. The first kappa shape index (κ1) is 10.9. The van der Waals surface area contributed by atoms with Crippen molar-refractivity contribution < 1.29 is 19.4 Å². The van der Waals surface area contributed by atoms with Gasteiger partial charge in [0.2, 0.25) is 5.91 Å². The average molecular weight is 175 g/mol. The summed E-state index contributed by atoms with van der Waals surface area (Å²) < 4.78 is 4.57. The maximum atomic E-state index is 11.0. The standard InChI is InChI=1S/C7H13NO4/c1-5(7(10)11)8(2)6(9)4-12-3/h5H,4H2,1-3H3,(H,10,11). The van der Waals surface area contributed by atoms with Gasteiger partial charge in [0, 0.05) is 14.2 Å². The van der Waals surface area contributed by atoms with Gasteiger partial charge in [0.15, 0.2) is 0 Å². The van der Waals surface area contributed by atoms with Crippen LogP contribution in [-0.2, 0) is 14.3 Å². The van der Waals surface area contributed by atoms with E-state index in [0.717, 1.165) is 4.90 Å². The summed E-state index contributed by atoms with van der Waals surface area (Å²) in [5.74, 6) is -1.37. The summed E-state index contributed by atoms with van der Waals surface area (Å²) in [6, 6.07) is -0.812. The highest BCUT2D eigenvalue weighted by Crippen LogP contribution is 1.96. The van der Waals surface area contributed by atoms with Crippen LogP contribution in [0.25, 0.3) is 0 Å². The second-order valence-corrected chi connectivity index (χ2v) is 2.45. The highest BCUT2D eigenvalue weighted by Gasteiger charge is 2.20. The number of methoxy groups -OCH3 is 1. The minimum atomic E-state index is -1.03. The molecule has 5 heteroatoms. The topological polar surface area (TPSA) is 66.8 Å². The Balaban J connectivity index is 4.09. The zero-order valence-electron chi connectivity index (χ0n) is 7.40. The normalized spacial score (nSPS) is 12.2. The molecule has 0 saturated heterocycles. The quantitative estimate of drug-likeness (QED) is 0.629. The molecule has 0 radical (unpaired) electrons. The molecule has 0 bridgehead atoms.